The van der Waals surface area contributed by atoms with Crippen LogP contribution in [0.5, 0.6) is 0 Å². The lowest BCUT2D eigenvalue weighted by molar-refractivity contribution is 0.167. The SMILES string of the molecule is CC1CCCC(c2noc(CC(O)CC#N)n2)C1. The maximum absolute atomic E-state index is 9.51. The molecule has 2 rings (SSSR count). The number of aromatic nitrogens is 2. The number of nitrogens with zero attached hydrogens (tertiary/aromatic N) is 3. The van der Waals surface area contributed by atoms with Crippen LogP contribution in [0.1, 0.15) is 56.7 Å². The van der Waals surface area contributed by atoms with Crippen LogP contribution in [0.4, 0.5) is 0 Å². The van der Waals surface area contributed by atoms with Crippen molar-refractivity contribution in [3.8, 4) is 6.07 Å². The maximum Gasteiger partial charge on any atom is 0.229 e. The van der Waals surface area contributed by atoms with E-state index in [0.717, 1.165) is 24.6 Å². The molecule has 1 aromatic heterocycles. The standard InChI is InChI=1S/C13H19N3O2/c1-9-3-2-4-10(7-9)13-15-12(18-16-13)8-11(17)5-6-14/h9-11,17H,2-5,7-8H2,1H3. The van der Waals surface area contributed by atoms with Crippen molar-refractivity contribution in [2.24, 2.45) is 5.92 Å². The van der Waals surface area contributed by atoms with Crippen LogP contribution < -0.4 is 0 Å². The van der Waals surface area contributed by atoms with Crippen molar-refractivity contribution in [1.29, 1.82) is 5.26 Å². The summed E-state index contributed by atoms with van der Waals surface area (Å²) in [6.45, 7) is 2.25. The Morgan fingerprint density at radius 2 is 2.39 bits per heavy atom. The van der Waals surface area contributed by atoms with Crippen LogP contribution in [-0.2, 0) is 6.42 Å². The van der Waals surface area contributed by atoms with Crippen LogP contribution in [-0.4, -0.2) is 21.4 Å². The average Bonchev–Trinajstić information content (AvgIpc) is 2.78. The van der Waals surface area contributed by atoms with Gasteiger partial charge >= 0.3 is 0 Å². The molecule has 98 valence electrons. The Hall–Kier alpha value is -1.41. The molecule has 1 aliphatic rings. The third-order valence-corrected chi connectivity index (χ3v) is 3.52. The fourth-order valence-electron chi connectivity index (χ4n) is 2.56. The number of rotatable bonds is 4. The zero-order valence-electron chi connectivity index (χ0n) is 10.7. The van der Waals surface area contributed by atoms with Crippen LogP contribution in [0.25, 0.3) is 0 Å². The molecule has 1 aliphatic carbocycles. The predicted molar refractivity (Wildman–Crippen MR) is 64.6 cm³/mol. The highest BCUT2D eigenvalue weighted by Gasteiger charge is 2.24. The Morgan fingerprint density at radius 3 is 3.11 bits per heavy atom. The van der Waals surface area contributed by atoms with Crippen LogP contribution in [0, 0.1) is 17.2 Å². The lowest BCUT2D eigenvalue weighted by Gasteiger charge is -2.23. The zero-order chi connectivity index (χ0) is 13.0. The van der Waals surface area contributed by atoms with Crippen molar-refractivity contribution in [3.05, 3.63) is 11.7 Å². The normalized spacial score (nSPS) is 25.6. The van der Waals surface area contributed by atoms with E-state index in [1.54, 1.807) is 0 Å². The fraction of sp³-hybridized carbons (Fsp3) is 0.769. The number of hydrogen-bond acceptors (Lipinski definition) is 5. The van der Waals surface area contributed by atoms with Gasteiger partial charge in [-0.25, -0.2) is 0 Å². The van der Waals surface area contributed by atoms with Gasteiger partial charge in [-0.3, -0.25) is 0 Å². The van der Waals surface area contributed by atoms with E-state index in [-0.39, 0.29) is 12.8 Å². The second kappa shape index (κ2) is 5.96. The average molecular weight is 249 g/mol. The van der Waals surface area contributed by atoms with Crippen molar-refractivity contribution in [3.63, 3.8) is 0 Å². The Morgan fingerprint density at radius 1 is 1.56 bits per heavy atom. The summed E-state index contributed by atoms with van der Waals surface area (Å²) in [7, 11) is 0. The molecule has 1 aromatic rings. The van der Waals surface area contributed by atoms with Gasteiger partial charge in [0.15, 0.2) is 5.82 Å². The van der Waals surface area contributed by atoms with E-state index in [4.69, 9.17) is 9.78 Å². The van der Waals surface area contributed by atoms with E-state index >= 15 is 0 Å². The second-order valence-electron chi connectivity index (χ2n) is 5.24. The van der Waals surface area contributed by atoms with Gasteiger partial charge in [-0.2, -0.15) is 10.2 Å². The number of nitriles is 1. The number of aliphatic hydroxyl groups excluding tert-OH is 1. The van der Waals surface area contributed by atoms with Gasteiger partial charge in [-0.15, -0.1) is 0 Å². The molecule has 5 nitrogen and oxygen atoms in total. The summed E-state index contributed by atoms with van der Waals surface area (Å²) < 4.78 is 5.14. The zero-order valence-corrected chi connectivity index (χ0v) is 10.7. The minimum absolute atomic E-state index is 0.0954. The molecule has 1 N–H and O–H groups in total. The second-order valence-corrected chi connectivity index (χ2v) is 5.24. The molecule has 1 fully saturated rings. The molecular formula is C13H19N3O2. The Bertz CT molecular complexity index is 424. The summed E-state index contributed by atoms with van der Waals surface area (Å²) >= 11 is 0. The Kier molecular flexibility index (Phi) is 4.32. The molecule has 0 saturated heterocycles. The Balaban J connectivity index is 1.95. The third-order valence-electron chi connectivity index (χ3n) is 3.52. The molecular weight excluding hydrogens is 230 g/mol. The molecule has 1 heterocycles. The van der Waals surface area contributed by atoms with Gasteiger partial charge < -0.3 is 9.63 Å². The van der Waals surface area contributed by atoms with Crippen molar-refractivity contribution in [1.82, 2.24) is 10.1 Å². The monoisotopic (exact) mass is 249 g/mol. The molecule has 5 heteroatoms. The molecule has 1 saturated carbocycles. The van der Waals surface area contributed by atoms with Crippen molar-refractivity contribution in [2.45, 2.75) is 57.5 Å². The van der Waals surface area contributed by atoms with Gasteiger partial charge in [0, 0.05) is 5.92 Å². The first kappa shape index (κ1) is 13.0. The van der Waals surface area contributed by atoms with Crippen LogP contribution in [0.3, 0.4) is 0 Å². The minimum atomic E-state index is -0.714. The summed E-state index contributed by atoms with van der Waals surface area (Å²) in [6, 6.07) is 1.92. The van der Waals surface area contributed by atoms with E-state index in [1.165, 1.54) is 12.8 Å². The van der Waals surface area contributed by atoms with Crippen LogP contribution in [0.15, 0.2) is 4.52 Å². The first-order chi connectivity index (χ1) is 8.69. The summed E-state index contributed by atoms with van der Waals surface area (Å²) in [5.74, 6) is 2.31. The van der Waals surface area contributed by atoms with E-state index in [2.05, 4.69) is 17.1 Å². The molecule has 0 radical (unpaired) electrons. The van der Waals surface area contributed by atoms with Gasteiger partial charge in [0.2, 0.25) is 5.89 Å². The summed E-state index contributed by atoms with van der Waals surface area (Å²) in [6.07, 6.45) is 4.37. The molecule has 0 aliphatic heterocycles. The largest absolute Gasteiger partial charge is 0.392 e. The van der Waals surface area contributed by atoms with E-state index < -0.39 is 6.10 Å². The summed E-state index contributed by atoms with van der Waals surface area (Å²) in [5, 5.41) is 22.0. The topological polar surface area (TPSA) is 82.9 Å². The fourth-order valence-corrected chi connectivity index (χ4v) is 2.56. The van der Waals surface area contributed by atoms with Gasteiger partial charge in [0.05, 0.1) is 25.0 Å². The first-order valence-corrected chi connectivity index (χ1v) is 6.56. The smallest absolute Gasteiger partial charge is 0.229 e. The van der Waals surface area contributed by atoms with Crippen LogP contribution >= 0.6 is 0 Å². The highest BCUT2D eigenvalue weighted by atomic mass is 16.5. The molecule has 3 atom stereocenters. The number of hydrogen-bond donors (Lipinski definition) is 1. The van der Waals surface area contributed by atoms with E-state index in [0.29, 0.717) is 11.8 Å². The summed E-state index contributed by atoms with van der Waals surface area (Å²) in [5.41, 5.74) is 0. The Labute approximate surface area is 107 Å². The van der Waals surface area contributed by atoms with Crippen molar-refractivity contribution >= 4 is 0 Å². The highest BCUT2D eigenvalue weighted by Crippen LogP contribution is 2.34. The van der Waals surface area contributed by atoms with Gasteiger partial charge in [0.1, 0.15) is 0 Å². The number of aliphatic hydroxyl groups is 1. The van der Waals surface area contributed by atoms with Crippen LogP contribution in [0.2, 0.25) is 0 Å². The minimum Gasteiger partial charge on any atom is -0.392 e. The third kappa shape index (κ3) is 3.30. The van der Waals surface area contributed by atoms with Gasteiger partial charge in [-0.05, 0) is 18.8 Å². The molecule has 0 amide bonds. The predicted octanol–water partition coefficient (Wildman–Crippen LogP) is 2.18. The molecule has 18 heavy (non-hydrogen) atoms. The summed E-state index contributed by atoms with van der Waals surface area (Å²) in [4.78, 5) is 4.34. The van der Waals surface area contributed by atoms with E-state index in [1.807, 2.05) is 6.07 Å². The van der Waals surface area contributed by atoms with Crippen molar-refractivity contribution in [2.75, 3.05) is 0 Å². The lowest BCUT2D eigenvalue weighted by atomic mass is 9.82. The highest BCUT2D eigenvalue weighted by molar-refractivity contribution is 4.98. The lowest BCUT2D eigenvalue weighted by Crippen LogP contribution is -2.13. The molecule has 0 bridgehead atoms. The maximum atomic E-state index is 9.51. The molecule has 3 unspecified atom stereocenters. The van der Waals surface area contributed by atoms with Gasteiger partial charge in [0.25, 0.3) is 0 Å². The van der Waals surface area contributed by atoms with E-state index in [9.17, 15) is 5.11 Å². The first-order valence-electron chi connectivity index (χ1n) is 6.56. The molecule has 0 aromatic carbocycles. The van der Waals surface area contributed by atoms with Gasteiger partial charge in [-0.1, -0.05) is 24.9 Å². The quantitative estimate of drug-likeness (QED) is 0.884. The van der Waals surface area contributed by atoms with Crippen molar-refractivity contribution < 1.29 is 9.63 Å². The molecule has 0 spiro atoms.